The molecular formula is C18H22S2. The summed E-state index contributed by atoms with van der Waals surface area (Å²) in [6.45, 7) is 7.11. The van der Waals surface area contributed by atoms with Crippen molar-refractivity contribution in [2.75, 3.05) is 17.3 Å². The summed E-state index contributed by atoms with van der Waals surface area (Å²) in [4.78, 5) is 1.64. The molecule has 0 spiro atoms. The second-order valence-electron chi connectivity index (χ2n) is 5.14. The summed E-state index contributed by atoms with van der Waals surface area (Å²) in [5.74, 6) is 3.90. The van der Waals surface area contributed by atoms with Crippen LogP contribution in [0, 0.1) is 0 Å². The molecule has 0 amide bonds. The van der Waals surface area contributed by atoms with Crippen LogP contribution >= 0.6 is 21.4 Å². The maximum atomic E-state index is 2.39. The molecule has 1 aromatic heterocycles. The second-order valence-corrected chi connectivity index (χ2v) is 10.5. The Morgan fingerprint density at radius 2 is 1.45 bits per heavy atom. The number of fused-ring (bicyclic) bond motifs is 3. The van der Waals surface area contributed by atoms with Gasteiger partial charge in [-0.25, -0.2) is 10.0 Å². The molecule has 0 unspecified atom stereocenters. The number of benzene rings is 2. The smallest absolute Gasteiger partial charge is 0.0476 e. The third kappa shape index (κ3) is 1.97. The van der Waals surface area contributed by atoms with Crippen molar-refractivity contribution >= 4 is 41.5 Å². The Hall–Kier alpha value is -0.990. The lowest BCUT2D eigenvalue weighted by atomic mass is 10.1. The zero-order valence-electron chi connectivity index (χ0n) is 12.5. The minimum atomic E-state index is -0.653. The van der Waals surface area contributed by atoms with Crippen LogP contribution in [-0.4, -0.2) is 17.3 Å². The minimum absolute atomic E-state index is 0.653. The van der Waals surface area contributed by atoms with Gasteiger partial charge in [-0.2, -0.15) is 0 Å². The zero-order chi connectivity index (χ0) is 14.2. The third-order valence-electron chi connectivity index (χ3n) is 4.49. The number of thiophene rings is 1. The van der Waals surface area contributed by atoms with Crippen LogP contribution in [0.25, 0.3) is 20.2 Å². The minimum Gasteiger partial charge on any atom is -0.214 e. The molecule has 0 aliphatic rings. The third-order valence-corrected chi connectivity index (χ3v) is 10.4. The first-order valence-corrected chi connectivity index (χ1v) is 10.4. The van der Waals surface area contributed by atoms with Crippen LogP contribution in [-0.2, 0) is 0 Å². The highest BCUT2D eigenvalue weighted by Gasteiger charge is 2.23. The second kappa shape index (κ2) is 5.42. The highest BCUT2D eigenvalue weighted by atomic mass is 32.3. The van der Waals surface area contributed by atoms with Crippen LogP contribution in [0.2, 0.25) is 0 Å². The fourth-order valence-electron chi connectivity index (χ4n) is 3.14. The Morgan fingerprint density at radius 3 is 2.15 bits per heavy atom. The molecule has 2 heteroatoms. The van der Waals surface area contributed by atoms with Gasteiger partial charge < -0.3 is 0 Å². The molecule has 3 aromatic rings. The first-order chi connectivity index (χ1) is 9.75. The summed E-state index contributed by atoms with van der Waals surface area (Å²) < 4.78 is 2.96. The van der Waals surface area contributed by atoms with Gasteiger partial charge in [-0.05, 0) is 29.4 Å². The Morgan fingerprint density at radius 1 is 0.800 bits per heavy atom. The fraction of sp³-hybridized carbons (Fsp3) is 0.333. The molecule has 3 rings (SSSR count). The van der Waals surface area contributed by atoms with Crippen molar-refractivity contribution in [3.8, 4) is 0 Å². The maximum absolute atomic E-state index is 2.39. The molecule has 0 aliphatic heterocycles. The monoisotopic (exact) mass is 302 g/mol. The average molecular weight is 303 g/mol. The van der Waals surface area contributed by atoms with Gasteiger partial charge in [0.25, 0.3) is 0 Å². The summed E-state index contributed by atoms with van der Waals surface area (Å²) in [5.41, 5.74) is 0. The van der Waals surface area contributed by atoms with Gasteiger partial charge in [0.15, 0.2) is 0 Å². The van der Waals surface area contributed by atoms with E-state index in [-0.39, 0.29) is 0 Å². The van der Waals surface area contributed by atoms with Gasteiger partial charge in [0.1, 0.15) is 0 Å². The predicted octanol–water partition coefficient (Wildman–Crippen LogP) is 6.28. The van der Waals surface area contributed by atoms with Gasteiger partial charge in [0.2, 0.25) is 0 Å². The predicted molar refractivity (Wildman–Crippen MR) is 96.8 cm³/mol. The van der Waals surface area contributed by atoms with Crippen LogP contribution in [0.15, 0.2) is 47.4 Å². The van der Waals surface area contributed by atoms with E-state index in [1.807, 2.05) is 11.3 Å². The molecule has 0 saturated heterocycles. The van der Waals surface area contributed by atoms with Crippen molar-refractivity contribution in [3.63, 3.8) is 0 Å². The molecule has 20 heavy (non-hydrogen) atoms. The zero-order valence-corrected chi connectivity index (χ0v) is 14.1. The highest BCUT2D eigenvalue weighted by molar-refractivity contribution is 8.33. The molecular weight excluding hydrogens is 280 g/mol. The lowest BCUT2D eigenvalue weighted by Gasteiger charge is -2.38. The van der Waals surface area contributed by atoms with E-state index in [2.05, 4.69) is 63.2 Å². The lowest BCUT2D eigenvalue weighted by Crippen LogP contribution is -2.09. The van der Waals surface area contributed by atoms with E-state index in [0.717, 1.165) is 0 Å². The van der Waals surface area contributed by atoms with Crippen molar-refractivity contribution in [1.29, 1.82) is 0 Å². The molecule has 0 saturated carbocycles. The van der Waals surface area contributed by atoms with E-state index in [1.165, 1.54) is 37.4 Å². The fourth-order valence-corrected chi connectivity index (χ4v) is 7.94. The topological polar surface area (TPSA) is 0 Å². The van der Waals surface area contributed by atoms with Crippen LogP contribution in [0.5, 0.6) is 0 Å². The summed E-state index contributed by atoms with van der Waals surface area (Å²) in [6, 6.07) is 15.8. The van der Waals surface area contributed by atoms with Gasteiger partial charge in [0, 0.05) is 25.1 Å². The molecule has 0 nitrogen and oxygen atoms in total. The highest BCUT2D eigenvalue weighted by Crippen LogP contribution is 2.58. The van der Waals surface area contributed by atoms with Crippen molar-refractivity contribution in [2.24, 2.45) is 0 Å². The quantitative estimate of drug-likeness (QED) is 0.532. The lowest BCUT2D eigenvalue weighted by molar-refractivity contribution is 1.30. The number of hydrogen-bond acceptors (Lipinski definition) is 1. The summed E-state index contributed by atoms with van der Waals surface area (Å²) in [6.07, 6.45) is 0. The van der Waals surface area contributed by atoms with E-state index in [1.54, 1.807) is 4.90 Å². The molecule has 0 radical (unpaired) electrons. The van der Waals surface area contributed by atoms with Crippen molar-refractivity contribution in [2.45, 2.75) is 25.7 Å². The van der Waals surface area contributed by atoms with E-state index in [9.17, 15) is 0 Å². The standard InChI is InChI=1S/C18H22S2/c1-4-20(5-2,6-3)17-13-9-11-15-14-10-7-8-12-16(14)19-18(15)17/h7-13H,4-6H2,1-3H3. The Bertz CT molecular complexity index is 727. The normalized spacial score (nSPS) is 13.2. The molecule has 2 aromatic carbocycles. The SMILES string of the molecule is CCS(CC)(CC)c1cccc2c1sc1ccccc12. The Balaban J connectivity index is 2.37. The largest absolute Gasteiger partial charge is 0.214 e. The number of hydrogen-bond donors (Lipinski definition) is 0. The van der Waals surface area contributed by atoms with Crippen LogP contribution in [0.3, 0.4) is 0 Å². The van der Waals surface area contributed by atoms with Crippen LogP contribution in [0.1, 0.15) is 20.8 Å². The molecule has 0 N–H and O–H groups in total. The van der Waals surface area contributed by atoms with Gasteiger partial charge in [-0.1, -0.05) is 51.1 Å². The van der Waals surface area contributed by atoms with Gasteiger partial charge in [0.05, 0.1) is 0 Å². The number of rotatable bonds is 4. The Labute approximate surface area is 127 Å². The molecule has 0 atom stereocenters. The van der Waals surface area contributed by atoms with Gasteiger partial charge in [-0.15, -0.1) is 11.3 Å². The average Bonchev–Trinajstić information content (AvgIpc) is 2.89. The molecule has 0 fully saturated rings. The van der Waals surface area contributed by atoms with Gasteiger partial charge in [-0.3, -0.25) is 0 Å². The van der Waals surface area contributed by atoms with E-state index in [0.29, 0.717) is 0 Å². The van der Waals surface area contributed by atoms with E-state index in [4.69, 9.17) is 0 Å². The molecule has 106 valence electrons. The van der Waals surface area contributed by atoms with Gasteiger partial charge >= 0.3 is 0 Å². The summed E-state index contributed by atoms with van der Waals surface area (Å²) >= 11 is 1.98. The first kappa shape index (κ1) is 14.0. The van der Waals surface area contributed by atoms with Crippen molar-refractivity contribution in [3.05, 3.63) is 42.5 Å². The van der Waals surface area contributed by atoms with Crippen molar-refractivity contribution in [1.82, 2.24) is 0 Å². The molecule has 0 bridgehead atoms. The maximum Gasteiger partial charge on any atom is 0.0476 e. The van der Waals surface area contributed by atoms with E-state index < -0.39 is 10.0 Å². The summed E-state index contributed by atoms with van der Waals surface area (Å²) in [7, 11) is -0.653. The first-order valence-electron chi connectivity index (χ1n) is 7.42. The van der Waals surface area contributed by atoms with E-state index >= 15 is 0 Å². The molecule has 1 heterocycles. The Kier molecular flexibility index (Phi) is 3.78. The van der Waals surface area contributed by atoms with Crippen LogP contribution in [0.4, 0.5) is 0 Å². The molecule has 0 aliphatic carbocycles. The van der Waals surface area contributed by atoms with Crippen LogP contribution < -0.4 is 0 Å². The summed E-state index contributed by atoms with van der Waals surface area (Å²) in [5, 5.41) is 2.88. The van der Waals surface area contributed by atoms with Crippen molar-refractivity contribution < 1.29 is 0 Å².